The van der Waals surface area contributed by atoms with E-state index in [0.29, 0.717) is 45.9 Å². The highest BCUT2D eigenvalue weighted by molar-refractivity contribution is 5.81. The monoisotopic (exact) mass is 815 g/mol. The van der Waals surface area contributed by atoms with Crippen LogP contribution in [0.2, 0.25) is 0 Å². The molecule has 0 aliphatic rings. The molecule has 326 valence electrons. The van der Waals surface area contributed by atoms with Gasteiger partial charge in [-0.05, 0) is 27.2 Å². The van der Waals surface area contributed by atoms with Crippen molar-refractivity contribution >= 4 is 35.8 Å². The Bertz CT molecular complexity index is 1070. The Morgan fingerprint density at radius 1 is 0.491 bits per heavy atom. The molecule has 0 heterocycles. The molecule has 0 radical (unpaired) electrons. The molecule has 0 aliphatic carbocycles. The van der Waals surface area contributed by atoms with Gasteiger partial charge in [0, 0.05) is 56.0 Å². The molecule has 18 heteroatoms. The van der Waals surface area contributed by atoms with Crippen molar-refractivity contribution in [2.75, 3.05) is 98.9 Å². The molecule has 3 unspecified atom stereocenters. The molecule has 0 amide bonds. The van der Waals surface area contributed by atoms with Crippen LogP contribution in [0.3, 0.4) is 0 Å². The van der Waals surface area contributed by atoms with Crippen molar-refractivity contribution < 1.29 is 71.4 Å². The van der Waals surface area contributed by atoms with E-state index in [4.69, 9.17) is 42.6 Å². The molecule has 0 rings (SSSR count). The number of hydrogen-bond acceptors (Lipinski definition) is 18. The maximum absolute atomic E-state index is 12.7. The highest BCUT2D eigenvalue weighted by atomic mass is 16.6. The lowest BCUT2D eigenvalue weighted by atomic mass is 9.88. The molecule has 0 aliphatic heterocycles. The quantitative estimate of drug-likeness (QED) is 0.0349. The molecule has 3 atom stereocenters. The van der Waals surface area contributed by atoms with Crippen LogP contribution in [-0.2, 0) is 71.4 Å². The Hall–Kier alpha value is -4.20. The van der Waals surface area contributed by atoms with Crippen molar-refractivity contribution in [3.8, 4) is 0 Å². The van der Waals surface area contributed by atoms with E-state index in [9.17, 15) is 28.8 Å². The molecule has 0 aromatic carbocycles. The lowest BCUT2D eigenvalue weighted by Crippen LogP contribution is -2.40. The largest absolute Gasteiger partial charge is 0.465 e. The van der Waals surface area contributed by atoms with E-state index in [1.54, 1.807) is 0 Å². The van der Waals surface area contributed by atoms with Crippen LogP contribution in [-0.4, -0.2) is 153 Å². The van der Waals surface area contributed by atoms with Crippen LogP contribution in [0.15, 0.2) is 38.0 Å². The molecule has 3 N–H and O–H groups in total. The third-order valence-corrected chi connectivity index (χ3v) is 7.85. The lowest BCUT2D eigenvalue weighted by molar-refractivity contribution is -0.162. The Morgan fingerprint density at radius 2 is 0.772 bits per heavy atom. The third-order valence-electron chi connectivity index (χ3n) is 7.85. The minimum absolute atomic E-state index is 0.0434. The van der Waals surface area contributed by atoms with Crippen LogP contribution in [0.4, 0.5) is 0 Å². The van der Waals surface area contributed by atoms with Gasteiger partial charge >= 0.3 is 35.8 Å². The van der Waals surface area contributed by atoms with E-state index >= 15 is 0 Å². The van der Waals surface area contributed by atoms with Crippen LogP contribution < -0.4 is 16.0 Å². The van der Waals surface area contributed by atoms with Crippen LogP contribution in [0, 0.1) is 5.41 Å². The minimum atomic E-state index is -1.00. The van der Waals surface area contributed by atoms with Gasteiger partial charge in [0.2, 0.25) is 0 Å². The fraction of sp³-hybridized carbons (Fsp3) is 0.692. The predicted octanol–water partition coefficient (Wildman–Crippen LogP) is 1.35. The third kappa shape index (κ3) is 30.6. The Morgan fingerprint density at radius 3 is 1.02 bits per heavy atom. The fourth-order valence-electron chi connectivity index (χ4n) is 4.35. The van der Waals surface area contributed by atoms with Gasteiger partial charge in [0.25, 0.3) is 0 Å². The number of nitrogens with one attached hydrogen (secondary N) is 3. The average Bonchev–Trinajstić information content (AvgIpc) is 3.19. The van der Waals surface area contributed by atoms with Gasteiger partial charge in [0.15, 0.2) is 0 Å². The molecule has 0 fully saturated rings. The zero-order valence-corrected chi connectivity index (χ0v) is 34.1. The normalized spacial score (nSPS) is 13.5. The van der Waals surface area contributed by atoms with Gasteiger partial charge in [0.05, 0.1) is 64.3 Å². The van der Waals surface area contributed by atoms with Crippen molar-refractivity contribution in [3.05, 3.63) is 38.0 Å². The number of hydrogen-bond donors (Lipinski definition) is 3. The molecular weight excluding hydrogens is 750 g/mol. The number of esters is 6. The summed E-state index contributed by atoms with van der Waals surface area (Å²) in [4.78, 5) is 71.4. The first-order valence-corrected chi connectivity index (χ1v) is 19.1. The summed E-state index contributed by atoms with van der Waals surface area (Å²) in [7, 11) is 0. The van der Waals surface area contributed by atoms with Gasteiger partial charge in [-0.3, -0.25) is 14.4 Å². The molecule has 0 saturated carbocycles. The van der Waals surface area contributed by atoms with Gasteiger partial charge < -0.3 is 58.6 Å². The number of carbonyl (C=O) groups is 6. The second-order valence-corrected chi connectivity index (χ2v) is 13.0. The first kappa shape index (κ1) is 52.8. The molecule has 0 spiro atoms. The second-order valence-electron chi connectivity index (χ2n) is 13.0. The van der Waals surface area contributed by atoms with E-state index in [0.717, 1.165) is 18.2 Å². The van der Waals surface area contributed by atoms with Gasteiger partial charge in [-0.1, -0.05) is 26.7 Å². The number of carbonyl (C=O) groups excluding carboxylic acids is 6. The van der Waals surface area contributed by atoms with Crippen molar-refractivity contribution in [2.45, 2.75) is 71.5 Å². The van der Waals surface area contributed by atoms with Gasteiger partial charge in [-0.15, -0.1) is 0 Å². The standard InChI is InChI=1S/C39H65N3O15/c1-8-33(43)52-21-18-49-24-30(5)40-15-12-36(46)55-27-39(11-4,28-56-37(47)13-16-41-31(6)25-50-19-22-53-34(44)9-2)29-57-38(48)14-17-42-32(7)26-51-20-23-54-35(45)10-3/h8-10,30-32,40-42H,1-3,11-29H2,4-7H3. The smallest absolute Gasteiger partial charge is 0.330 e. The predicted molar refractivity (Wildman–Crippen MR) is 208 cm³/mol. The summed E-state index contributed by atoms with van der Waals surface area (Å²) in [5.74, 6) is -3.08. The SMILES string of the molecule is C=CC(=O)OCCOCC(C)NCCC(=O)OCC(CC)(COC(=O)CCNC(C)COCCOC(=O)C=C)COC(=O)CCNC(C)COCCOC(=O)C=C. The molecule has 0 bridgehead atoms. The highest BCUT2D eigenvalue weighted by Gasteiger charge is 2.34. The Labute approximate surface area is 336 Å². The highest BCUT2D eigenvalue weighted by Crippen LogP contribution is 2.25. The van der Waals surface area contributed by atoms with Crippen LogP contribution in [0.5, 0.6) is 0 Å². The van der Waals surface area contributed by atoms with E-state index in [1.807, 2.05) is 27.7 Å². The Kier molecular flexibility index (Phi) is 31.4. The van der Waals surface area contributed by atoms with Gasteiger partial charge in [-0.25, -0.2) is 14.4 Å². The summed E-state index contributed by atoms with van der Waals surface area (Å²) in [6.07, 6.45) is 3.71. The number of rotatable bonds is 37. The van der Waals surface area contributed by atoms with Crippen molar-refractivity contribution in [3.63, 3.8) is 0 Å². The zero-order chi connectivity index (χ0) is 42.7. The van der Waals surface area contributed by atoms with Crippen LogP contribution in [0.1, 0.15) is 53.4 Å². The molecule has 18 nitrogen and oxygen atoms in total. The minimum Gasteiger partial charge on any atom is -0.465 e. The summed E-state index contributed by atoms with van der Waals surface area (Å²) in [5.41, 5.74) is -1.00. The molecule has 0 saturated heterocycles. The van der Waals surface area contributed by atoms with Crippen LogP contribution >= 0.6 is 0 Å². The second kappa shape index (κ2) is 33.9. The molecule has 0 aromatic rings. The zero-order valence-electron chi connectivity index (χ0n) is 34.1. The summed E-state index contributed by atoms with van der Waals surface area (Å²) >= 11 is 0. The maximum atomic E-state index is 12.7. The molecule has 57 heavy (non-hydrogen) atoms. The van der Waals surface area contributed by atoms with E-state index in [-0.39, 0.29) is 96.8 Å². The Balaban J connectivity index is 4.95. The maximum Gasteiger partial charge on any atom is 0.330 e. The van der Waals surface area contributed by atoms with E-state index in [1.165, 1.54) is 0 Å². The van der Waals surface area contributed by atoms with Crippen molar-refractivity contribution in [2.24, 2.45) is 5.41 Å². The first-order chi connectivity index (χ1) is 27.3. The molecule has 0 aromatic heterocycles. The first-order valence-electron chi connectivity index (χ1n) is 19.1. The summed E-state index contributed by atoms with van der Waals surface area (Å²) in [6.45, 7) is 19.8. The molecular formula is C39H65N3O15. The lowest BCUT2D eigenvalue weighted by Gasteiger charge is -2.31. The van der Waals surface area contributed by atoms with E-state index < -0.39 is 41.2 Å². The van der Waals surface area contributed by atoms with Crippen molar-refractivity contribution in [1.82, 2.24) is 16.0 Å². The van der Waals surface area contributed by atoms with Gasteiger partial charge in [-0.2, -0.15) is 0 Å². The average molecular weight is 816 g/mol. The van der Waals surface area contributed by atoms with Gasteiger partial charge in [0.1, 0.15) is 39.6 Å². The number of ether oxygens (including phenoxy) is 9. The van der Waals surface area contributed by atoms with E-state index in [2.05, 4.69) is 35.7 Å². The van der Waals surface area contributed by atoms with Crippen LogP contribution in [0.25, 0.3) is 0 Å². The fourth-order valence-corrected chi connectivity index (χ4v) is 4.35. The summed E-state index contributed by atoms with van der Waals surface area (Å²) in [5, 5.41) is 9.47. The summed E-state index contributed by atoms with van der Waals surface area (Å²) < 4.78 is 47.7. The summed E-state index contributed by atoms with van der Waals surface area (Å²) in [6, 6.07) is -0.293. The topological polar surface area (TPSA) is 222 Å². The van der Waals surface area contributed by atoms with Crippen molar-refractivity contribution in [1.29, 1.82) is 0 Å².